The van der Waals surface area contributed by atoms with E-state index in [1.807, 2.05) is 24.3 Å². The van der Waals surface area contributed by atoms with E-state index in [2.05, 4.69) is 27.6 Å². The Hall–Kier alpha value is -2.02. The van der Waals surface area contributed by atoms with Crippen LogP contribution in [0.25, 0.3) is 6.08 Å². The smallest absolute Gasteiger partial charge is 0.363 e. The van der Waals surface area contributed by atoms with Crippen LogP contribution in [-0.4, -0.2) is 11.9 Å². The summed E-state index contributed by atoms with van der Waals surface area (Å²) in [5.74, 6) is -0.549. The molecule has 0 bridgehead atoms. The van der Waals surface area contributed by atoms with Crippen LogP contribution in [0.2, 0.25) is 0 Å². The third-order valence-corrected chi connectivity index (χ3v) is 3.60. The van der Waals surface area contributed by atoms with E-state index in [4.69, 9.17) is 4.74 Å². The summed E-state index contributed by atoms with van der Waals surface area (Å²) in [6.07, 6.45) is 1.57. The fourth-order valence-corrected chi connectivity index (χ4v) is 2.20. The molecule has 2 aromatic carbocycles. The molecule has 3 rings (SSSR count). The minimum Gasteiger partial charge on any atom is -0.402 e. The molecule has 2 aromatic rings. The highest BCUT2D eigenvalue weighted by atomic mass is 127. The molecule has 0 atom stereocenters. The van der Waals surface area contributed by atoms with Crippen molar-refractivity contribution in [1.29, 1.82) is 0 Å². The minimum atomic E-state index is -0.507. The van der Waals surface area contributed by atoms with Gasteiger partial charge in [-0.3, -0.25) is 0 Å². The van der Waals surface area contributed by atoms with Gasteiger partial charge in [0.2, 0.25) is 5.90 Å². The van der Waals surface area contributed by atoms with Crippen LogP contribution in [0.15, 0.2) is 59.2 Å². The Morgan fingerprint density at radius 2 is 1.71 bits per heavy atom. The largest absolute Gasteiger partial charge is 0.402 e. The number of halogens is 2. The topological polar surface area (TPSA) is 38.7 Å². The van der Waals surface area contributed by atoms with Crippen molar-refractivity contribution in [3.8, 4) is 0 Å². The summed E-state index contributed by atoms with van der Waals surface area (Å²) in [5, 5.41) is 0. The number of esters is 1. The predicted molar refractivity (Wildman–Crippen MR) is 86.2 cm³/mol. The lowest BCUT2D eigenvalue weighted by atomic mass is 10.2. The maximum atomic E-state index is 12.9. The number of cyclic esters (lactones) is 1. The lowest BCUT2D eigenvalue weighted by Gasteiger charge is -1.98. The zero-order valence-electron chi connectivity index (χ0n) is 10.7. The first-order chi connectivity index (χ1) is 10.1. The van der Waals surface area contributed by atoms with Gasteiger partial charge in [-0.05, 0) is 70.6 Å². The molecule has 0 aliphatic carbocycles. The highest BCUT2D eigenvalue weighted by Gasteiger charge is 2.23. The second kappa shape index (κ2) is 5.77. The molecular formula is C16H9FINO2. The van der Waals surface area contributed by atoms with Crippen LogP contribution in [0, 0.1) is 9.39 Å². The summed E-state index contributed by atoms with van der Waals surface area (Å²) < 4.78 is 19.1. The van der Waals surface area contributed by atoms with E-state index in [0.29, 0.717) is 5.56 Å². The first kappa shape index (κ1) is 13.9. The van der Waals surface area contributed by atoms with Crippen molar-refractivity contribution in [2.24, 2.45) is 4.99 Å². The first-order valence-electron chi connectivity index (χ1n) is 6.16. The highest BCUT2D eigenvalue weighted by Crippen LogP contribution is 2.19. The molecule has 0 amide bonds. The number of aliphatic imine (C=N–C) groups is 1. The normalized spacial score (nSPS) is 16.0. The van der Waals surface area contributed by atoms with Crippen molar-refractivity contribution in [3.63, 3.8) is 0 Å². The standard InChI is InChI=1S/C16H9FINO2/c17-12-5-1-10(2-6-12)9-14-16(20)21-15(19-14)11-3-7-13(18)8-4-11/h1-9H/b14-9+. The highest BCUT2D eigenvalue weighted by molar-refractivity contribution is 14.1. The van der Waals surface area contributed by atoms with E-state index in [1.54, 1.807) is 18.2 Å². The molecule has 0 fully saturated rings. The van der Waals surface area contributed by atoms with Crippen molar-refractivity contribution < 1.29 is 13.9 Å². The molecule has 0 saturated heterocycles. The van der Waals surface area contributed by atoms with Gasteiger partial charge in [-0.2, -0.15) is 0 Å². The summed E-state index contributed by atoms with van der Waals surface area (Å²) in [5.41, 5.74) is 1.64. The van der Waals surface area contributed by atoms with E-state index in [-0.39, 0.29) is 17.4 Å². The fraction of sp³-hybridized carbons (Fsp3) is 0. The van der Waals surface area contributed by atoms with Gasteiger partial charge in [0.15, 0.2) is 5.70 Å². The van der Waals surface area contributed by atoms with Crippen LogP contribution in [0.1, 0.15) is 11.1 Å². The van der Waals surface area contributed by atoms with Crippen molar-refractivity contribution in [2.45, 2.75) is 0 Å². The molecule has 21 heavy (non-hydrogen) atoms. The Morgan fingerprint density at radius 1 is 1.05 bits per heavy atom. The molecule has 5 heteroatoms. The van der Waals surface area contributed by atoms with Gasteiger partial charge in [0, 0.05) is 9.13 Å². The Morgan fingerprint density at radius 3 is 2.38 bits per heavy atom. The number of nitrogens with zero attached hydrogens (tertiary/aromatic N) is 1. The molecule has 0 N–H and O–H groups in total. The van der Waals surface area contributed by atoms with Gasteiger partial charge in [-0.1, -0.05) is 12.1 Å². The predicted octanol–water partition coefficient (Wildman–Crippen LogP) is 3.77. The third kappa shape index (κ3) is 3.18. The molecule has 0 saturated carbocycles. The van der Waals surface area contributed by atoms with Gasteiger partial charge in [-0.25, -0.2) is 14.2 Å². The second-order valence-corrected chi connectivity index (χ2v) is 5.64. The van der Waals surface area contributed by atoms with Gasteiger partial charge in [-0.15, -0.1) is 0 Å². The molecule has 0 aromatic heterocycles. The van der Waals surface area contributed by atoms with Gasteiger partial charge in [0.1, 0.15) is 5.82 Å². The lowest BCUT2D eigenvalue weighted by molar-refractivity contribution is -0.129. The van der Waals surface area contributed by atoms with Gasteiger partial charge < -0.3 is 4.74 Å². The molecule has 0 unspecified atom stereocenters. The molecule has 104 valence electrons. The summed E-state index contributed by atoms with van der Waals surface area (Å²) in [6, 6.07) is 13.3. The van der Waals surface area contributed by atoms with Crippen molar-refractivity contribution in [1.82, 2.24) is 0 Å². The van der Waals surface area contributed by atoms with E-state index in [0.717, 1.165) is 9.13 Å². The summed E-state index contributed by atoms with van der Waals surface area (Å²) >= 11 is 2.20. The van der Waals surface area contributed by atoms with Crippen LogP contribution in [-0.2, 0) is 9.53 Å². The number of benzene rings is 2. The second-order valence-electron chi connectivity index (χ2n) is 4.39. The number of carbonyl (C=O) groups excluding carboxylic acids is 1. The van der Waals surface area contributed by atoms with Crippen LogP contribution in [0.5, 0.6) is 0 Å². The monoisotopic (exact) mass is 393 g/mol. The van der Waals surface area contributed by atoms with Crippen molar-refractivity contribution in [2.75, 3.05) is 0 Å². The number of ether oxygens (including phenoxy) is 1. The van der Waals surface area contributed by atoms with E-state index in [1.165, 1.54) is 12.1 Å². The van der Waals surface area contributed by atoms with Crippen LogP contribution in [0.3, 0.4) is 0 Å². The summed E-state index contributed by atoms with van der Waals surface area (Å²) in [6.45, 7) is 0. The van der Waals surface area contributed by atoms with Crippen LogP contribution in [0.4, 0.5) is 4.39 Å². The maximum absolute atomic E-state index is 12.9. The molecule has 0 spiro atoms. The minimum absolute atomic E-state index is 0.204. The first-order valence-corrected chi connectivity index (χ1v) is 7.24. The Kier molecular flexibility index (Phi) is 3.83. The van der Waals surface area contributed by atoms with Gasteiger partial charge in [0.25, 0.3) is 0 Å². The maximum Gasteiger partial charge on any atom is 0.363 e. The van der Waals surface area contributed by atoms with E-state index in [9.17, 15) is 9.18 Å². The molecule has 1 aliphatic rings. The molecule has 1 aliphatic heterocycles. The van der Waals surface area contributed by atoms with E-state index >= 15 is 0 Å². The number of rotatable bonds is 2. The molecule has 3 nitrogen and oxygen atoms in total. The quantitative estimate of drug-likeness (QED) is 0.443. The number of hydrogen-bond donors (Lipinski definition) is 0. The van der Waals surface area contributed by atoms with Crippen LogP contribution < -0.4 is 0 Å². The zero-order valence-corrected chi connectivity index (χ0v) is 12.9. The van der Waals surface area contributed by atoms with Crippen molar-refractivity contribution >= 4 is 40.5 Å². The summed E-state index contributed by atoms with van der Waals surface area (Å²) in [7, 11) is 0. The number of carbonyl (C=O) groups is 1. The van der Waals surface area contributed by atoms with Crippen LogP contribution >= 0.6 is 22.6 Å². The number of hydrogen-bond acceptors (Lipinski definition) is 3. The average Bonchev–Trinajstić information content (AvgIpc) is 2.83. The van der Waals surface area contributed by atoms with Gasteiger partial charge >= 0.3 is 5.97 Å². The van der Waals surface area contributed by atoms with E-state index < -0.39 is 5.97 Å². The molecule has 1 heterocycles. The average molecular weight is 393 g/mol. The molecular weight excluding hydrogens is 384 g/mol. The van der Waals surface area contributed by atoms with Gasteiger partial charge in [0.05, 0.1) is 0 Å². The Balaban J connectivity index is 1.91. The SMILES string of the molecule is O=C1OC(c2ccc(I)cc2)=N/C1=C/c1ccc(F)cc1. The Labute approximate surface area is 134 Å². The molecule has 0 radical (unpaired) electrons. The zero-order chi connectivity index (χ0) is 14.8. The fourth-order valence-electron chi connectivity index (χ4n) is 1.84. The third-order valence-electron chi connectivity index (χ3n) is 2.89. The van der Waals surface area contributed by atoms with Crippen molar-refractivity contribution in [3.05, 3.63) is 74.7 Å². The lowest BCUT2D eigenvalue weighted by Crippen LogP contribution is -2.05. The summed E-state index contributed by atoms with van der Waals surface area (Å²) in [4.78, 5) is 16.0. The Bertz CT molecular complexity index is 749.